The van der Waals surface area contributed by atoms with Crippen molar-refractivity contribution in [3.05, 3.63) is 46.3 Å². The summed E-state index contributed by atoms with van der Waals surface area (Å²) in [5.74, 6) is -0.234. The molecule has 1 unspecified atom stereocenters. The highest BCUT2D eigenvalue weighted by Crippen LogP contribution is 2.62. The molecule has 10 heteroatoms. The van der Waals surface area contributed by atoms with Crippen molar-refractivity contribution in [3.63, 3.8) is 0 Å². The minimum absolute atomic E-state index is 0.0791. The Morgan fingerprint density at radius 3 is 2.48 bits per heavy atom. The van der Waals surface area contributed by atoms with Gasteiger partial charge in [-0.3, -0.25) is 23.1 Å². The molecule has 2 aromatic rings. The number of aryl methyl sites for hydroxylation is 1. The molecule has 3 rings (SSSR count). The van der Waals surface area contributed by atoms with E-state index >= 15 is 0 Å². The highest BCUT2D eigenvalue weighted by atomic mass is 32.3. The topological polar surface area (TPSA) is 130 Å². The van der Waals surface area contributed by atoms with E-state index in [9.17, 15) is 26.9 Å². The molecule has 0 fully saturated rings. The predicted molar refractivity (Wildman–Crippen MR) is 111 cm³/mol. The van der Waals surface area contributed by atoms with Crippen molar-refractivity contribution >= 4 is 26.5 Å². The van der Waals surface area contributed by atoms with Gasteiger partial charge in [-0.25, -0.2) is 0 Å². The molecule has 0 saturated carbocycles. The van der Waals surface area contributed by atoms with E-state index in [1.165, 1.54) is 24.0 Å². The van der Waals surface area contributed by atoms with E-state index in [2.05, 4.69) is 5.10 Å². The second-order valence-electron chi connectivity index (χ2n) is 8.11. The summed E-state index contributed by atoms with van der Waals surface area (Å²) in [7, 11) is -5.83. The van der Waals surface area contributed by atoms with Gasteiger partial charge in [-0.15, -0.1) is 0 Å². The van der Waals surface area contributed by atoms with Crippen LogP contribution < -0.4 is 0 Å². The Labute approximate surface area is 172 Å². The van der Waals surface area contributed by atoms with Crippen LogP contribution in [0.15, 0.2) is 23.2 Å². The molecule has 0 aliphatic carbocycles. The van der Waals surface area contributed by atoms with Gasteiger partial charge in [-0.2, -0.15) is 24.1 Å². The van der Waals surface area contributed by atoms with Crippen LogP contribution in [-0.4, -0.2) is 43.4 Å². The smallest absolute Gasteiger partial charge is 0.273 e. The van der Waals surface area contributed by atoms with Crippen LogP contribution in [0.3, 0.4) is 0 Å². The molecule has 0 radical (unpaired) electrons. The van der Waals surface area contributed by atoms with E-state index in [0.717, 1.165) is 5.56 Å². The summed E-state index contributed by atoms with van der Waals surface area (Å²) < 4.78 is 55.5. The molecule has 1 aliphatic heterocycles. The Balaban J connectivity index is 2.18. The molecule has 1 aliphatic rings. The zero-order valence-electron chi connectivity index (χ0n) is 17.0. The van der Waals surface area contributed by atoms with E-state index in [1.54, 1.807) is 19.9 Å². The second-order valence-corrected chi connectivity index (χ2v) is 11.8. The lowest BCUT2D eigenvalue weighted by atomic mass is 9.81. The molecule has 0 spiro atoms. The van der Waals surface area contributed by atoms with Crippen LogP contribution in [-0.2, 0) is 22.6 Å². The van der Waals surface area contributed by atoms with Gasteiger partial charge in [0.1, 0.15) is 5.25 Å². The SMILES string of the molecule is CCC(c1c(C(=O)c2ccc3c(c2C)C(C)(C)CS3(O)O)cnn1C)S(=O)(=O)O. The van der Waals surface area contributed by atoms with Gasteiger partial charge in [0.2, 0.25) is 0 Å². The Kier molecular flexibility index (Phi) is 5.24. The number of aromatic nitrogens is 2. The summed E-state index contributed by atoms with van der Waals surface area (Å²) in [6.07, 6.45) is 1.38. The van der Waals surface area contributed by atoms with Gasteiger partial charge in [-0.05, 0) is 36.6 Å². The average Bonchev–Trinajstić information content (AvgIpc) is 3.02. The van der Waals surface area contributed by atoms with Crippen molar-refractivity contribution in [2.24, 2.45) is 7.05 Å². The molecule has 8 nitrogen and oxygen atoms in total. The standard InChI is InChI=1S/C19H26N2O6S2/c1-6-14(29(25,26)27)17-13(9-20-21(17)5)18(22)12-7-8-15-16(11(12)2)19(3,4)10-28(15,23)24/h7-9,14,23-24H,6,10H2,1-5H3,(H,25,26,27). The predicted octanol–water partition coefficient (Wildman–Crippen LogP) is 3.70. The number of hydrogen-bond acceptors (Lipinski definition) is 6. The Bertz CT molecular complexity index is 1100. The molecule has 160 valence electrons. The van der Waals surface area contributed by atoms with Crippen molar-refractivity contribution in [1.29, 1.82) is 0 Å². The number of rotatable bonds is 5. The van der Waals surface area contributed by atoms with Gasteiger partial charge < -0.3 is 0 Å². The maximum Gasteiger partial charge on any atom is 0.273 e. The quantitative estimate of drug-likeness (QED) is 0.475. The molecule has 0 bridgehead atoms. The van der Waals surface area contributed by atoms with Crippen LogP contribution >= 0.6 is 10.6 Å². The van der Waals surface area contributed by atoms with Gasteiger partial charge in [0.15, 0.2) is 5.78 Å². The normalized spacial score (nSPS) is 19.6. The first kappa shape index (κ1) is 22.0. The summed E-state index contributed by atoms with van der Waals surface area (Å²) in [5.41, 5.74) is 1.41. The molecule has 1 aromatic heterocycles. The fraction of sp³-hybridized carbons (Fsp3) is 0.474. The molecule has 29 heavy (non-hydrogen) atoms. The maximum absolute atomic E-state index is 13.4. The minimum Gasteiger partial charge on any atom is -0.295 e. The van der Waals surface area contributed by atoms with E-state index in [0.29, 0.717) is 16.0 Å². The fourth-order valence-corrected chi connectivity index (χ4v) is 7.72. The lowest BCUT2D eigenvalue weighted by Gasteiger charge is -2.29. The zero-order valence-corrected chi connectivity index (χ0v) is 18.6. The number of fused-ring (bicyclic) bond motifs is 1. The van der Waals surface area contributed by atoms with E-state index in [4.69, 9.17) is 0 Å². The lowest BCUT2D eigenvalue weighted by Crippen LogP contribution is -2.21. The largest absolute Gasteiger partial charge is 0.295 e. The van der Waals surface area contributed by atoms with Crippen molar-refractivity contribution < 1.29 is 26.9 Å². The van der Waals surface area contributed by atoms with E-state index in [-0.39, 0.29) is 23.4 Å². The van der Waals surface area contributed by atoms with Gasteiger partial charge in [0.25, 0.3) is 10.1 Å². The van der Waals surface area contributed by atoms with Gasteiger partial charge >= 0.3 is 0 Å². The molecule has 0 saturated heterocycles. The number of carbonyl (C=O) groups excluding carboxylic acids is 1. The van der Waals surface area contributed by atoms with Crippen LogP contribution in [0.2, 0.25) is 0 Å². The third-order valence-electron chi connectivity index (χ3n) is 5.53. The van der Waals surface area contributed by atoms with Crippen molar-refractivity contribution in [2.45, 2.75) is 49.7 Å². The fourth-order valence-electron chi connectivity index (χ4n) is 4.39. The average molecular weight is 443 g/mol. The van der Waals surface area contributed by atoms with Crippen molar-refractivity contribution in [2.75, 3.05) is 5.75 Å². The lowest BCUT2D eigenvalue weighted by molar-refractivity contribution is 0.103. The number of ketones is 1. The first-order chi connectivity index (χ1) is 13.2. The minimum atomic E-state index is -4.43. The molecular weight excluding hydrogens is 416 g/mol. The molecule has 2 heterocycles. The Morgan fingerprint density at radius 2 is 1.93 bits per heavy atom. The molecule has 1 atom stereocenters. The third-order valence-corrected chi connectivity index (χ3v) is 8.97. The number of nitrogens with zero attached hydrogens (tertiary/aromatic N) is 2. The van der Waals surface area contributed by atoms with Crippen molar-refractivity contribution in [1.82, 2.24) is 9.78 Å². The maximum atomic E-state index is 13.4. The highest BCUT2D eigenvalue weighted by Gasteiger charge is 2.43. The molecular formula is C19H26N2O6S2. The second kappa shape index (κ2) is 6.92. The van der Waals surface area contributed by atoms with Crippen LogP contribution in [0, 0.1) is 6.92 Å². The number of benzene rings is 1. The van der Waals surface area contributed by atoms with Crippen molar-refractivity contribution in [3.8, 4) is 0 Å². The highest BCUT2D eigenvalue weighted by molar-refractivity contribution is 8.24. The van der Waals surface area contributed by atoms with Crippen LogP contribution in [0.1, 0.15) is 65.2 Å². The summed E-state index contributed by atoms with van der Waals surface area (Å²) in [6.45, 7) is 7.16. The first-order valence-electron chi connectivity index (χ1n) is 9.15. The summed E-state index contributed by atoms with van der Waals surface area (Å²) in [5, 5.41) is 2.77. The van der Waals surface area contributed by atoms with E-state index < -0.39 is 37.2 Å². The van der Waals surface area contributed by atoms with Crippen LogP contribution in [0.25, 0.3) is 0 Å². The number of hydrogen-bond donors (Lipinski definition) is 3. The van der Waals surface area contributed by atoms with Gasteiger partial charge in [0.05, 0.1) is 28.1 Å². The van der Waals surface area contributed by atoms with Gasteiger partial charge in [-0.1, -0.05) is 20.8 Å². The summed E-state index contributed by atoms with van der Waals surface area (Å²) in [6, 6.07) is 3.10. The van der Waals surface area contributed by atoms with E-state index in [1.807, 2.05) is 13.8 Å². The van der Waals surface area contributed by atoms with Crippen LogP contribution in [0.4, 0.5) is 0 Å². The summed E-state index contributed by atoms with van der Waals surface area (Å²) in [4.78, 5) is 13.8. The monoisotopic (exact) mass is 442 g/mol. The van der Waals surface area contributed by atoms with Crippen LogP contribution in [0.5, 0.6) is 0 Å². The van der Waals surface area contributed by atoms with Gasteiger partial charge in [0, 0.05) is 18.0 Å². The zero-order chi connectivity index (χ0) is 21.9. The molecule has 0 amide bonds. The molecule has 1 aromatic carbocycles. The summed E-state index contributed by atoms with van der Waals surface area (Å²) >= 11 is 0. The third kappa shape index (κ3) is 3.53. The Morgan fingerprint density at radius 1 is 1.31 bits per heavy atom. The first-order valence-corrected chi connectivity index (χ1v) is 12.4. The molecule has 3 N–H and O–H groups in total. The number of carbonyl (C=O) groups is 1. The Hall–Kier alpha value is -1.72.